The van der Waals surface area contributed by atoms with Gasteiger partial charge in [0.2, 0.25) is 5.91 Å². The third-order valence-electron chi connectivity index (χ3n) is 2.67. The van der Waals surface area contributed by atoms with Crippen molar-refractivity contribution in [2.75, 3.05) is 11.9 Å². The normalized spacial score (nSPS) is 10.2. The Bertz CT molecular complexity index is 586. The van der Waals surface area contributed by atoms with Crippen molar-refractivity contribution in [3.05, 3.63) is 35.4 Å². The molecule has 0 unspecified atom stereocenters. The van der Waals surface area contributed by atoms with E-state index < -0.39 is 5.91 Å². The fraction of sp³-hybridized carbons (Fsp3) is 0.250. The van der Waals surface area contributed by atoms with Gasteiger partial charge in [-0.25, -0.2) is 0 Å². The standard InChI is InChI=1S/C12H14N4O3/c1-7-8(2)15-16-11(7)14-10(17)6-13-12(18)9-4-3-5-19-9/h3-5H,6H2,1-2H3,(H,13,18)(H2,14,15,16,17). The van der Waals surface area contributed by atoms with Gasteiger partial charge in [-0.3, -0.25) is 14.7 Å². The first kappa shape index (κ1) is 12.9. The number of amides is 2. The van der Waals surface area contributed by atoms with E-state index in [0.29, 0.717) is 5.82 Å². The molecule has 3 N–H and O–H groups in total. The molecule has 2 heterocycles. The summed E-state index contributed by atoms with van der Waals surface area (Å²) in [6.07, 6.45) is 1.39. The summed E-state index contributed by atoms with van der Waals surface area (Å²) < 4.78 is 4.91. The largest absolute Gasteiger partial charge is 0.459 e. The third-order valence-corrected chi connectivity index (χ3v) is 2.67. The van der Waals surface area contributed by atoms with Crippen molar-refractivity contribution in [3.8, 4) is 0 Å². The first-order valence-electron chi connectivity index (χ1n) is 5.71. The number of H-pyrrole nitrogens is 1. The average Bonchev–Trinajstić information content (AvgIpc) is 3.02. The van der Waals surface area contributed by atoms with Crippen molar-refractivity contribution < 1.29 is 14.0 Å². The molecule has 0 aliphatic rings. The van der Waals surface area contributed by atoms with Gasteiger partial charge in [0.15, 0.2) is 11.6 Å². The highest BCUT2D eigenvalue weighted by atomic mass is 16.3. The molecule has 100 valence electrons. The molecule has 0 spiro atoms. The molecule has 2 rings (SSSR count). The summed E-state index contributed by atoms with van der Waals surface area (Å²) in [7, 11) is 0. The Labute approximate surface area is 109 Å². The van der Waals surface area contributed by atoms with E-state index in [4.69, 9.17) is 4.42 Å². The minimum Gasteiger partial charge on any atom is -0.459 e. The van der Waals surface area contributed by atoms with Gasteiger partial charge in [0.25, 0.3) is 5.91 Å². The van der Waals surface area contributed by atoms with Crippen LogP contribution in [0.5, 0.6) is 0 Å². The van der Waals surface area contributed by atoms with Gasteiger partial charge in [-0.15, -0.1) is 0 Å². The van der Waals surface area contributed by atoms with Gasteiger partial charge in [0, 0.05) is 11.3 Å². The zero-order valence-corrected chi connectivity index (χ0v) is 10.6. The van der Waals surface area contributed by atoms with Crippen LogP contribution in [0.15, 0.2) is 22.8 Å². The summed E-state index contributed by atoms with van der Waals surface area (Å²) in [6, 6.07) is 3.12. The number of rotatable bonds is 4. The lowest BCUT2D eigenvalue weighted by molar-refractivity contribution is -0.115. The van der Waals surface area contributed by atoms with E-state index in [1.165, 1.54) is 12.3 Å². The van der Waals surface area contributed by atoms with Crippen molar-refractivity contribution in [1.82, 2.24) is 15.5 Å². The van der Waals surface area contributed by atoms with E-state index in [1.54, 1.807) is 6.07 Å². The molecule has 0 saturated heterocycles. The summed E-state index contributed by atoms with van der Waals surface area (Å²) in [5.74, 6) is -0.154. The molecule has 2 aromatic rings. The molecule has 19 heavy (non-hydrogen) atoms. The van der Waals surface area contributed by atoms with E-state index in [2.05, 4.69) is 20.8 Å². The predicted molar refractivity (Wildman–Crippen MR) is 67.7 cm³/mol. The zero-order chi connectivity index (χ0) is 13.8. The van der Waals surface area contributed by atoms with Crippen LogP contribution in [0, 0.1) is 13.8 Å². The van der Waals surface area contributed by atoms with Gasteiger partial charge >= 0.3 is 0 Å². The maximum Gasteiger partial charge on any atom is 0.287 e. The quantitative estimate of drug-likeness (QED) is 0.764. The topological polar surface area (TPSA) is 100 Å². The van der Waals surface area contributed by atoms with E-state index in [0.717, 1.165) is 11.3 Å². The number of aryl methyl sites for hydroxylation is 1. The molecule has 0 radical (unpaired) electrons. The summed E-state index contributed by atoms with van der Waals surface area (Å²) in [5.41, 5.74) is 1.75. The molecule has 0 saturated carbocycles. The fourth-order valence-electron chi connectivity index (χ4n) is 1.44. The number of nitrogens with zero attached hydrogens (tertiary/aromatic N) is 1. The number of aromatic nitrogens is 2. The molecule has 0 aromatic carbocycles. The second-order valence-electron chi connectivity index (χ2n) is 4.03. The maximum absolute atomic E-state index is 11.6. The fourth-order valence-corrected chi connectivity index (χ4v) is 1.44. The maximum atomic E-state index is 11.6. The molecule has 0 aliphatic carbocycles. The van der Waals surface area contributed by atoms with Crippen LogP contribution in [0.25, 0.3) is 0 Å². The highest BCUT2D eigenvalue weighted by Crippen LogP contribution is 2.13. The van der Waals surface area contributed by atoms with E-state index in [-0.39, 0.29) is 18.2 Å². The molecule has 7 heteroatoms. The van der Waals surface area contributed by atoms with Gasteiger partial charge in [-0.05, 0) is 26.0 Å². The Kier molecular flexibility index (Phi) is 3.65. The van der Waals surface area contributed by atoms with Crippen LogP contribution in [0.4, 0.5) is 5.82 Å². The smallest absolute Gasteiger partial charge is 0.287 e. The predicted octanol–water partition coefficient (Wildman–Crippen LogP) is 0.988. The Morgan fingerprint density at radius 3 is 2.79 bits per heavy atom. The number of hydrogen-bond acceptors (Lipinski definition) is 4. The third kappa shape index (κ3) is 3.01. The number of carbonyl (C=O) groups is 2. The van der Waals surface area contributed by atoms with Crippen molar-refractivity contribution in [3.63, 3.8) is 0 Å². The monoisotopic (exact) mass is 262 g/mol. The zero-order valence-electron chi connectivity index (χ0n) is 10.6. The van der Waals surface area contributed by atoms with Crippen LogP contribution in [0.2, 0.25) is 0 Å². The van der Waals surface area contributed by atoms with Gasteiger partial charge in [0.05, 0.1) is 12.8 Å². The molecule has 0 aliphatic heterocycles. The van der Waals surface area contributed by atoms with Crippen molar-refractivity contribution in [1.29, 1.82) is 0 Å². The van der Waals surface area contributed by atoms with Crippen molar-refractivity contribution in [2.24, 2.45) is 0 Å². The summed E-state index contributed by atoms with van der Waals surface area (Å²) in [5, 5.41) is 11.8. The molecule has 0 atom stereocenters. The number of aromatic amines is 1. The number of furan rings is 1. The summed E-state index contributed by atoms with van der Waals surface area (Å²) >= 11 is 0. The van der Waals surface area contributed by atoms with Crippen LogP contribution < -0.4 is 10.6 Å². The van der Waals surface area contributed by atoms with Crippen LogP contribution in [-0.2, 0) is 4.79 Å². The number of carbonyl (C=O) groups excluding carboxylic acids is 2. The SMILES string of the molecule is Cc1[nH]nc(NC(=O)CNC(=O)c2ccco2)c1C. The van der Waals surface area contributed by atoms with E-state index >= 15 is 0 Å². The van der Waals surface area contributed by atoms with Gasteiger partial charge in [-0.2, -0.15) is 5.10 Å². The summed E-state index contributed by atoms with van der Waals surface area (Å²) in [4.78, 5) is 23.2. The van der Waals surface area contributed by atoms with Crippen LogP contribution in [-0.4, -0.2) is 28.6 Å². The van der Waals surface area contributed by atoms with Crippen LogP contribution in [0.1, 0.15) is 21.8 Å². The second kappa shape index (κ2) is 5.38. The Morgan fingerprint density at radius 1 is 1.42 bits per heavy atom. The average molecular weight is 262 g/mol. The van der Waals surface area contributed by atoms with Gasteiger partial charge in [-0.1, -0.05) is 0 Å². The molecular weight excluding hydrogens is 248 g/mol. The van der Waals surface area contributed by atoms with Crippen molar-refractivity contribution >= 4 is 17.6 Å². The Balaban J connectivity index is 1.85. The lowest BCUT2D eigenvalue weighted by Gasteiger charge is -2.04. The van der Waals surface area contributed by atoms with Gasteiger partial charge in [0.1, 0.15) is 0 Å². The molecule has 2 aromatic heterocycles. The molecular formula is C12H14N4O3. The number of anilines is 1. The highest BCUT2D eigenvalue weighted by molar-refractivity contribution is 5.97. The molecule has 7 nitrogen and oxygen atoms in total. The lowest BCUT2D eigenvalue weighted by atomic mass is 10.3. The van der Waals surface area contributed by atoms with Crippen LogP contribution >= 0.6 is 0 Å². The van der Waals surface area contributed by atoms with Crippen LogP contribution in [0.3, 0.4) is 0 Å². The minimum atomic E-state index is -0.435. The van der Waals surface area contributed by atoms with Gasteiger partial charge < -0.3 is 15.1 Å². The Hall–Kier alpha value is -2.57. The van der Waals surface area contributed by atoms with E-state index in [9.17, 15) is 9.59 Å². The van der Waals surface area contributed by atoms with Crippen molar-refractivity contribution in [2.45, 2.75) is 13.8 Å². The minimum absolute atomic E-state index is 0.148. The molecule has 0 bridgehead atoms. The Morgan fingerprint density at radius 2 is 2.21 bits per heavy atom. The number of hydrogen-bond donors (Lipinski definition) is 3. The lowest BCUT2D eigenvalue weighted by Crippen LogP contribution is -2.32. The second-order valence-corrected chi connectivity index (χ2v) is 4.03. The first-order chi connectivity index (χ1) is 9.08. The number of nitrogens with one attached hydrogen (secondary N) is 3. The molecule has 0 fully saturated rings. The molecule has 2 amide bonds. The highest BCUT2D eigenvalue weighted by Gasteiger charge is 2.12. The first-order valence-corrected chi connectivity index (χ1v) is 5.71. The summed E-state index contributed by atoms with van der Waals surface area (Å²) in [6.45, 7) is 3.55. The van der Waals surface area contributed by atoms with E-state index in [1.807, 2.05) is 13.8 Å².